The summed E-state index contributed by atoms with van der Waals surface area (Å²) in [4.78, 5) is 43.8. The highest BCUT2D eigenvalue weighted by atomic mass is 35.5. The van der Waals surface area contributed by atoms with E-state index in [0.717, 1.165) is 11.8 Å². The van der Waals surface area contributed by atoms with Gasteiger partial charge in [0.2, 0.25) is 0 Å². The summed E-state index contributed by atoms with van der Waals surface area (Å²) in [6.07, 6.45) is 1.38. The van der Waals surface area contributed by atoms with Crippen molar-refractivity contribution in [3.05, 3.63) is 57.5 Å². The predicted octanol–water partition coefficient (Wildman–Crippen LogP) is 3.18. The summed E-state index contributed by atoms with van der Waals surface area (Å²) in [6.45, 7) is 2.01. The number of rotatable bonds is 8. The molecule has 2 heterocycles. The van der Waals surface area contributed by atoms with Gasteiger partial charge in [-0.25, -0.2) is 9.37 Å². The predicted molar refractivity (Wildman–Crippen MR) is 123 cm³/mol. The lowest BCUT2D eigenvalue weighted by atomic mass is 9.51. The summed E-state index contributed by atoms with van der Waals surface area (Å²) in [5.74, 6) is -3.58. The molecule has 4 N–H and O–H groups in total. The Morgan fingerprint density at radius 3 is 2.45 bits per heavy atom. The smallest absolute Gasteiger partial charge is 0.311 e. The molecular weight excluding hydrogens is 473 g/mol. The second-order valence-corrected chi connectivity index (χ2v) is 9.63. The molecule has 0 bridgehead atoms. The van der Waals surface area contributed by atoms with Crippen LogP contribution in [0.4, 0.5) is 4.39 Å². The standard InChI is InChI=1S/C22H25ClFN3O5S/c1-3-22(19(31)32)15(11-33-20-25-9-8-16(28)27-20)26-14(10-24)21(2,18(29)30)17(22)12-6-4-5-7-13(12)23/h4-9,14-15,17,26H,3,10-11H2,1-2H3,(H,29,30)(H,31,32)(H,25,27,28). The zero-order valence-electron chi connectivity index (χ0n) is 18.0. The molecule has 1 aromatic heterocycles. The minimum atomic E-state index is -1.81. The first-order valence-corrected chi connectivity index (χ1v) is 11.7. The van der Waals surface area contributed by atoms with Crippen molar-refractivity contribution in [1.82, 2.24) is 15.3 Å². The van der Waals surface area contributed by atoms with Crippen LogP contribution in [-0.4, -0.2) is 56.6 Å². The number of aromatic nitrogens is 2. The molecule has 11 heteroatoms. The van der Waals surface area contributed by atoms with E-state index in [4.69, 9.17) is 11.6 Å². The van der Waals surface area contributed by atoms with Gasteiger partial charge in [0.05, 0.1) is 16.9 Å². The van der Waals surface area contributed by atoms with Crippen molar-refractivity contribution < 1.29 is 24.2 Å². The van der Waals surface area contributed by atoms with Crippen molar-refractivity contribution >= 4 is 35.3 Å². The SMILES string of the molecule is CCC1(C(=O)O)C(CSc2nccc(=O)[nH]2)NC(CF)C(C)(C(=O)O)C1c1ccccc1Cl. The molecule has 3 rings (SSSR count). The molecule has 1 fully saturated rings. The van der Waals surface area contributed by atoms with Crippen LogP contribution in [0.25, 0.3) is 0 Å². The number of thioether (sulfide) groups is 1. The molecule has 1 aromatic carbocycles. The fourth-order valence-electron chi connectivity index (χ4n) is 4.95. The van der Waals surface area contributed by atoms with Crippen LogP contribution < -0.4 is 10.9 Å². The lowest BCUT2D eigenvalue weighted by Crippen LogP contribution is -2.71. The summed E-state index contributed by atoms with van der Waals surface area (Å²) in [5, 5.41) is 24.3. The van der Waals surface area contributed by atoms with E-state index in [9.17, 15) is 29.0 Å². The van der Waals surface area contributed by atoms with Crippen LogP contribution in [0.15, 0.2) is 46.5 Å². The number of H-pyrrole nitrogens is 1. The molecule has 8 nitrogen and oxygen atoms in total. The molecule has 178 valence electrons. The van der Waals surface area contributed by atoms with Gasteiger partial charge in [0, 0.05) is 35.0 Å². The minimum Gasteiger partial charge on any atom is -0.481 e. The zero-order chi connectivity index (χ0) is 24.4. The molecule has 0 aliphatic carbocycles. The number of nitrogens with zero attached hydrogens (tertiary/aromatic N) is 1. The van der Waals surface area contributed by atoms with Gasteiger partial charge in [-0.1, -0.05) is 48.5 Å². The number of hydrogen-bond donors (Lipinski definition) is 4. The molecule has 2 aromatic rings. The van der Waals surface area contributed by atoms with E-state index in [1.54, 1.807) is 31.2 Å². The van der Waals surface area contributed by atoms with Gasteiger partial charge in [-0.3, -0.25) is 14.4 Å². The van der Waals surface area contributed by atoms with Crippen molar-refractivity contribution in [2.24, 2.45) is 10.8 Å². The zero-order valence-corrected chi connectivity index (χ0v) is 19.6. The molecule has 5 unspecified atom stereocenters. The molecule has 0 radical (unpaired) electrons. The van der Waals surface area contributed by atoms with Crippen LogP contribution in [0, 0.1) is 10.8 Å². The van der Waals surface area contributed by atoms with Gasteiger partial charge in [-0.2, -0.15) is 0 Å². The van der Waals surface area contributed by atoms with Crippen LogP contribution in [0.2, 0.25) is 5.02 Å². The highest BCUT2D eigenvalue weighted by Gasteiger charge is 2.66. The van der Waals surface area contributed by atoms with E-state index in [-0.39, 0.29) is 27.9 Å². The number of aliphatic carboxylic acids is 2. The Kier molecular flexibility index (Phi) is 7.50. The third-order valence-electron chi connectivity index (χ3n) is 6.71. The Bertz CT molecular complexity index is 1100. The molecule has 33 heavy (non-hydrogen) atoms. The maximum absolute atomic E-state index is 14.3. The number of carbonyl (C=O) groups is 2. The lowest BCUT2D eigenvalue weighted by molar-refractivity contribution is -0.172. The second kappa shape index (κ2) is 9.82. The average Bonchev–Trinajstić information content (AvgIpc) is 2.78. The van der Waals surface area contributed by atoms with E-state index < -0.39 is 47.4 Å². The minimum absolute atomic E-state index is 0.0526. The molecular formula is C22H25ClFN3O5S. The van der Waals surface area contributed by atoms with Gasteiger partial charge in [0.15, 0.2) is 5.16 Å². The van der Waals surface area contributed by atoms with Gasteiger partial charge in [0.1, 0.15) is 6.67 Å². The van der Waals surface area contributed by atoms with Crippen molar-refractivity contribution in [2.75, 3.05) is 12.4 Å². The topological polar surface area (TPSA) is 132 Å². The lowest BCUT2D eigenvalue weighted by Gasteiger charge is -2.57. The summed E-state index contributed by atoms with van der Waals surface area (Å²) < 4.78 is 14.3. The van der Waals surface area contributed by atoms with E-state index in [1.165, 1.54) is 19.2 Å². The van der Waals surface area contributed by atoms with Gasteiger partial charge >= 0.3 is 11.9 Å². The van der Waals surface area contributed by atoms with Crippen molar-refractivity contribution in [1.29, 1.82) is 0 Å². The average molecular weight is 498 g/mol. The molecule has 1 aliphatic heterocycles. The highest BCUT2D eigenvalue weighted by molar-refractivity contribution is 7.99. The molecule has 0 amide bonds. The Morgan fingerprint density at radius 1 is 1.21 bits per heavy atom. The normalized spacial score (nSPS) is 29.5. The quantitative estimate of drug-likeness (QED) is 0.323. The van der Waals surface area contributed by atoms with Gasteiger partial charge in [-0.15, -0.1) is 0 Å². The number of hydrogen-bond acceptors (Lipinski definition) is 6. The first-order valence-electron chi connectivity index (χ1n) is 10.3. The number of piperidine rings is 1. The Hall–Kier alpha value is -2.43. The van der Waals surface area contributed by atoms with Crippen molar-refractivity contribution in [2.45, 2.75) is 43.4 Å². The molecule has 0 saturated carbocycles. The summed E-state index contributed by atoms with van der Waals surface area (Å²) in [5.41, 5.74) is -3.48. The summed E-state index contributed by atoms with van der Waals surface area (Å²) in [6, 6.07) is 5.70. The van der Waals surface area contributed by atoms with E-state index in [2.05, 4.69) is 15.3 Å². The van der Waals surface area contributed by atoms with Crippen molar-refractivity contribution in [3.63, 3.8) is 0 Å². The van der Waals surface area contributed by atoms with Gasteiger partial charge in [-0.05, 0) is 25.0 Å². The van der Waals surface area contributed by atoms with E-state index in [0.29, 0.717) is 5.56 Å². The number of benzene rings is 1. The number of alkyl halides is 1. The molecule has 5 atom stereocenters. The number of carboxylic acid groups (broad SMARTS) is 2. The number of carboxylic acids is 2. The van der Waals surface area contributed by atoms with Gasteiger partial charge in [0.25, 0.3) is 5.56 Å². The third kappa shape index (κ3) is 4.27. The first kappa shape index (κ1) is 25.2. The fourth-order valence-corrected chi connectivity index (χ4v) is 6.22. The molecule has 0 spiro atoms. The van der Waals surface area contributed by atoms with E-state index >= 15 is 0 Å². The van der Waals surface area contributed by atoms with Crippen LogP contribution in [0.1, 0.15) is 31.7 Å². The van der Waals surface area contributed by atoms with Crippen molar-refractivity contribution in [3.8, 4) is 0 Å². The summed E-state index contributed by atoms with van der Waals surface area (Å²) >= 11 is 7.56. The van der Waals surface area contributed by atoms with Crippen LogP contribution in [0.3, 0.4) is 0 Å². The first-order chi connectivity index (χ1) is 15.6. The Balaban J connectivity index is 2.20. The largest absolute Gasteiger partial charge is 0.481 e. The van der Waals surface area contributed by atoms with E-state index in [1.807, 2.05) is 0 Å². The monoisotopic (exact) mass is 497 g/mol. The fraction of sp³-hybridized carbons (Fsp3) is 0.455. The number of aromatic amines is 1. The molecule has 1 aliphatic rings. The maximum Gasteiger partial charge on any atom is 0.311 e. The third-order valence-corrected chi connectivity index (χ3v) is 8.04. The highest BCUT2D eigenvalue weighted by Crippen LogP contribution is 2.58. The number of halogens is 2. The summed E-state index contributed by atoms with van der Waals surface area (Å²) in [7, 11) is 0. The molecule has 1 saturated heterocycles. The Morgan fingerprint density at radius 2 is 1.91 bits per heavy atom. The van der Waals surface area contributed by atoms with Gasteiger partial charge < -0.3 is 20.5 Å². The number of nitrogens with one attached hydrogen (secondary N) is 2. The van der Waals surface area contributed by atoms with Crippen LogP contribution >= 0.6 is 23.4 Å². The Labute approximate surface area is 199 Å². The maximum atomic E-state index is 14.3. The van der Waals surface area contributed by atoms with Crippen LogP contribution in [-0.2, 0) is 9.59 Å². The van der Waals surface area contributed by atoms with Crippen LogP contribution in [0.5, 0.6) is 0 Å². The second-order valence-electron chi connectivity index (χ2n) is 8.22.